The molecule has 106 valence electrons. The van der Waals surface area contributed by atoms with Crippen molar-refractivity contribution >= 4 is 11.7 Å². The van der Waals surface area contributed by atoms with E-state index in [-0.39, 0.29) is 11.3 Å². The van der Waals surface area contributed by atoms with Crippen LogP contribution >= 0.6 is 0 Å². The van der Waals surface area contributed by atoms with Gasteiger partial charge in [0.25, 0.3) is 0 Å². The van der Waals surface area contributed by atoms with Gasteiger partial charge in [0.05, 0.1) is 0 Å². The number of aromatic nitrogens is 3. The first-order valence-corrected chi connectivity index (χ1v) is 6.70. The largest absolute Gasteiger partial charge is 0.309 e. The van der Waals surface area contributed by atoms with Crippen LogP contribution in [0, 0.1) is 0 Å². The lowest BCUT2D eigenvalue weighted by atomic mass is 9.92. The molecule has 0 fully saturated rings. The second-order valence-electron chi connectivity index (χ2n) is 5.83. The zero-order valence-corrected chi connectivity index (χ0v) is 12.1. The van der Waals surface area contributed by atoms with Crippen LogP contribution in [0.3, 0.4) is 0 Å². The number of H-pyrrole nitrogens is 1. The number of carbonyl (C=O) groups excluding carboxylic acids is 1. The normalized spacial score (nSPS) is 11.3. The molecule has 20 heavy (non-hydrogen) atoms. The Morgan fingerprint density at radius 3 is 2.80 bits per heavy atom. The van der Waals surface area contributed by atoms with Crippen molar-refractivity contribution in [3.05, 3.63) is 41.9 Å². The maximum absolute atomic E-state index is 11.9. The van der Waals surface area contributed by atoms with E-state index in [2.05, 4.69) is 41.3 Å². The molecule has 5 heteroatoms. The van der Waals surface area contributed by atoms with Crippen molar-refractivity contribution in [3.63, 3.8) is 0 Å². The average molecular weight is 272 g/mol. The molecule has 2 rings (SSSR count). The van der Waals surface area contributed by atoms with Crippen LogP contribution in [0.2, 0.25) is 0 Å². The first kappa shape index (κ1) is 14.2. The average Bonchev–Trinajstić information content (AvgIpc) is 2.86. The lowest BCUT2D eigenvalue weighted by molar-refractivity contribution is -0.116. The lowest BCUT2D eigenvalue weighted by Crippen LogP contribution is -2.13. The Morgan fingerprint density at radius 2 is 2.20 bits per heavy atom. The molecule has 0 aliphatic heterocycles. The molecule has 0 radical (unpaired) electrons. The van der Waals surface area contributed by atoms with Gasteiger partial charge in [0.2, 0.25) is 5.91 Å². The number of hydrogen-bond donors (Lipinski definition) is 2. The van der Waals surface area contributed by atoms with E-state index in [0.29, 0.717) is 18.7 Å². The lowest BCUT2D eigenvalue weighted by Gasteiger charge is -2.14. The molecule has 2 aromatic rings. The molecule has 0 unspecified atom stereocenters. The highest BCUT2D eigenvalue weighted by Gasteiger charge is 2.17. The fraction of sp³-hybridized carbons (Fsp3) is 0.400. The molecular formula is C15H20N4O. The van der Waals surface area contributed by atoms with Gasteiger partial charge in [-0.2, -0.15) is 5.10 Å². The summed E-state index contributed by atoms with van der Waals surface area (Å²) in [6.45, 7) is 6.28. The van der Waals surface area contributed by atoms with Crippen molar-refractivity contribution in [2.75, 3.05) is 5.32 Å². The van der Waals surface area contributed by atoms with Crippen LogP contribution in [0.25, 0.3) is 0 Å². The van der Waals surface area contributed by atoms with Crippen LogP contribution < -0.4 is 5.32 Å². The van der Waals surface area contributed by atoms with E-state index in [1.165, 1.54) is 0 Å². The third-order valence-electron chi connectivity index (χ3n) is 3.02. The fourth-order valence-corrected chi connectivity index (χ4v) is 1.78. The van der Waals surface area contributed by atoms with Crippen molar-refractivity contribution in [1.29, 1.82) is 0 Å². The zero-order valence-electron chi connectivity index (χ0n) is 12.1. The molecular weight excluding hydrogens is 252 g/mol. The van der Waals surface area contributed by atoms with Gasteiger partial charge in [0.1, 0.15) is 0 Å². The highest BCUT2D eigenvalue weighted by atomic mass is 16.1. The summed E-state index contributed by atoms with van der Waals surface area (Å²) in [5.74, 6) is 0.534. The van der Waals surface area contributed by atoms with E-state index >= 15 is 0 Å². The van der Waals surface area contributed by atoms with Crippen LogP contribution in [-0.2, 0) is 16.6 Å². The summed E-state index contributed by atoms with van der Waals surface area (Å²) >= 11 is 0. The monoisotopic (exact) mass is 272 g/mol. The number of hydrogen-bond acceptors (Lipinski definition) is 3. The smallest absolute Gasteiger partial charge is 0.225 e. The number of carbonyl (C=O) groups is 1. The Morgan fingerprint density at radius 1 is 1.40 bits per heavy atom. The van der Waals surface area contributed by atoms with Crippen LogP contribution in [0.5, 0.6) is 0 Å². The summed E-state index contributed by atoms with van der Waals surface area (Å²) in [6.07, 6.45) is 4.60. The Balaban J connectivity index is 1.87. The quantitative estimate of drug-likeness (QED) is 0.899. The summed E-state index contributed by atoms with van der Waals surface area (Å²) in [5, 5.41) is 9.86. The van der Waals surface area contributed by atoms with Gasteiger partial charge in [0.15, 0.2) is 5.82 Å². The van der Waals surface area contributed by atoms with E-state index in [1.807, 2.05) is 18.2 Å². The van der Waals surface area contributed by atoms with E-state index in [0.717, 1.165) is 11.3 Å². The van der Waals surface area contributed by atoms with Crippen molar-refractivity contribution < 1.29 is 4.79 Å². The summed E-state index contributed by atoms with van der Waals surface area (Å²) in [6, 6.07) is 5.71. The fourth-order valence-electron chi connectivity index (χ4n) is 1.78. The number of amides is 1. The molecule has 2 N–H and O–H groups in total. The topological polar surface area (TPSA) is 70.7 Å². The molecule has 2 heterocycles. The van der Waals surface area contributed by atoms with E-state index in [9.17, 15) is 4.79 Å². The molecule has 0 aliphatic carbocycles. The Kier molecular flexibility index (Phi) is 4.17. The summed E-state index contributed by atoms with van der Waals surface area (Å²) in [7, 11) is 0. The molecule has 0 aromatic carbocycles. The Labute approximate surface area is 118 Å². The number of aryl methyl sites for hydroxylation is 1. The number of nitrogens with zero attached hydrogens (tertiary/aromatic N) is 2. The highest BCUT2D eigenvalue weighted by molar-refractivity contribution is 5.89. The minimum absolute atomic E-state index is 0.00825. The maximum Gasteiger partial charge on any atom is 0.225 e. The number of pyridine rings is 1. The summed E-state index contributed by atoms with van der Waals surface area (Å²) in [5.41, 5.74) is 2.05. The van der Waals surface area contributed by atoms with Gasteiger partial charge in [0, 0.05) is 36.0 Å². The van der Waals surface area contributed by atoms with Crippen molar-refractivity contribution in [2.45, 2.75) is 39.0 Å². The van der Waals surface area contributed by atoms with Gasteiger partial charge >= 0.3 is 0 Å². The van der Waals surface area contributed by atoms with Crippen molar-refractivity contribution in [1.82, 2.24) is 15.2 Å². The van der Waals surface area contributed by atoms with Gasteiger partial charge in [-0.1, -0.05) is 26.8 Å². The van der Waals surface area contributed by atoms with Crippen LogP contribution in [0.4, 0.5) is 5.82 Å². The molecule has 0 bridgehead atoms. The van der Waals surface area contributed by atoms with E-state index in [4.69, 9.17) is 0 Å². The number of anilines is 1. The SMILES string of the molecule is CC(C)(C)c1cc(NC(=O)CCc2cccnc2)n[nH]1. The zero-order chi connectivity index (χ0) is 14.6. The second kappa shape index (κ2) is 5.86. The number of nitrogens with one attached hydrogen (secondary N) is 2. The Bertz CT molecular complexity index is 569. The number of rotatable bonds is 4. The second-order valence-corrected chi connectivity index (χ2v) is 5.83. The first-order valence-electron chi connectivity index (χ1n) is 6.70. The third-order valence-corrected chi connectivity index (χ3v) is 3.02. The van der Waals surface area contributed by atoms with Crippen LogP contribution in [0.15, 0.2) is 30.6 Å². The summed E-state index contributed by atoms with van der Waals surface area (Å²) in [4.78, 5) is 15.9. The maximum atomic E-state index is 11.9. The summed E-state index contributed by atoms with van der Waals surface area (Å²) < 4.78 is 0. The molecule has 0 spiro atoms. The first-order chi connectivity index (χ1) is 9.45. The number of aromatic amines is 1. The van der Waals surface area contributed by atoms with Gasteiger partial charge in [-0.3, -0.25) is 14.9 Å². The molecule has 0 saturated heterocycles. The van der Waals surface area contributed by atoms with Crippen LogP contribution in [0.1, 0.15) is 38.4 Å². The van der Waals surface area contributed by atoms with Gasteiger partial charge in [-0.15, -0.1) is 0 Å². The van der Waals surface area contributed by atoms with Gasteiger partial charge < -0.3 is 5.32 Å². The van der Waals surface area contributed by atoms with Gasteiger partial charge in [-0.25, -0.2) is 0 Å². The predicted octanol–water partition coefficient (Wildman–Crippen LogP) is 2.67. The standard InChI is InChI=1S/C15H20N4O/c1-15(2,3)12-9-13(19-18-12)17-14(20)7-6-11-5-4-8-16-10-11/h4-5,8-10H,6-7H2,1-3H3,(H2,17,18,19,20). The van der Waals surface area contributed by atoms with Crippen molar-refractivity contribution in [2.24, 2.45) is 0 Å². The molecule has 0 aliphatic rings. The van der Waals surface area contributed by atoms with Gasteiger partial charge in [-0.05, 0) is 18.1 Å². The molecule has 2 aromatic heterocycles. The van der Waals surface area contributed by atoms with Crippen LogP contribution in [-0.4, -0.2) is 21.1 Å². The molecule has 0 atom stereocenters. The molecule has 0 saturated carbocycles. The molecule has 1 amide bonds. The minimum Gasteiger partial charge on any atom is -0.309 e. The molecule has 5 nitrogen and oxygen atoms in total. The van der Waals surface area contributed by atoms with E-state index < -0.39 is 0 Å². The Hall–Kier alpha value is -2.17. The van der Waals surface area contributed by atoms with Crippen molar-refractivity contribution in [3.8, 4) is 0 Å². The third kappa shape index (κ3) is 3.91. The van der Waals surface area contributed by atoms with E-state index in [1.54, 1.807) is 12.4 Å². The minimum atomic E-state index is -0.0409. The highest BCUT2D eigenvalue weighted by Crippen LogP contribution is 2.21. The predicted molar refractivity (Wildman–Crippen MR) is 78.5 cm³/mol.